The van der Waals surface area contributed by atoms with Crippen molar-refractivity contribution in [2.24, 2.45) is 0 Å². The second kappa shape index (κ2) is 5.18. The van der Waals surface area contributed by atoms with Gasteiger partial charge in [0.1, 0.15) is 0 Å². The Morgan fingerprint density at radius 3 is 1.89 bits per heavy atom. The molecule has 0 saturated carbocycles. The van der Waals surface area contributed by atoms with E-state index in [0.29, 0.717) is 0 Å². The van der Waals surface area contributed by atoms with Crippen molar-refractivity contribution in [1.29, 1.82) is 0 Å². The molecule has 0 amide bonds. The van der Waals surface area contributed by atoms with Crippen molar-refractivity contribution in [3.05, 3.63) is 6.42 Å². The summed E-state index contributed by atoms with van der Waals surface area (Å²) < 4.78 is 0. The Balaban J connectivity index is 0. The van der Waals surface area contributed by atoms with Crippen molar-refractivity contribution < 1.29 is 18.9 Å². The van der Waals surface area contributed by atoms with Gasteiger partial charge in [-0.15, -0.1) is 0 Å². The predicted octanol–water partition coefficient (Wildman–Crippen LogP) is -0.692. The first-order chi connectivity index (χ1) is 3.56. The molecule has 0 fully saturated rings. The molecule has 0 aromatic rings. The maximum absolute atomic E-state index is 6.65. The van der Waals surface area contributed by atoms with Gasteiger partial charge in [-0.2, -0.15) is 0 Å². The quantitative estimate of drug-likeness (QED) is 0.265. The zero-order chi connectivity index (χ0) is 6.62. The molecule has 0 saturated heterocycles. The third-order valence-corrected chi connectivity index (χ3v) is 2.75. The van der Waals surface area contributed by atoms with Crippen molar-refractivity contribution >= 4 is 8.07 Å². The molecule has 0 aromatic heterocycles. The van der Waals surface area contributed by atoms with Crippen LogP contribution in [0.4, 0.5) is 0 Å². The predicted molar refractivity (Wildman–Crippen MR) is 39.9 cm³/mol. The molecule has 0 unspecified atom stereocenters. The molecule has 9 heavy (non-hydrogen) atoms. The van der Waals surface area contributed by atoms with Gasteiger partial charge in [0.25, 0.3) is 0 Å². The van der Waals surface area contributed by atoms with Gasteiger partial charge >= 0.3 is 18.9 Å². The summed E-state index contributed by atoms with van der Waals surface area (Å²) in [4.78, 5) is 0. The third kappa shape index (κ3) is 11.8. The first kappa shape index (κ1) is 12.1. The molecular formula is C7H13LiSi. The van der Waals surface area contributed by atoms with Gasteiger partial charge in [-0.05, 0) is 12.5 Å². The minimum Gasteiger partial charge on any atom is -0.694 e. The van der Waals surface area contributed by atoms with E-state index in [9.17, 15) is 0 Å². The van der Waals surface area contributed by atoms with Crippen molar-refractivity contribution in [2.45, 2.75) is 32.1 Å². The molecule has 0 nitrogen and oxygen atoms in total. The number of hydrogen-bond acceptors (Lipinski definition) is 0. The van der Waals surface area contributed by atoms with Crippen LogP contribution in [0.3, 0.4) is 0 Å². The number of rotatable bonds is 2. The molecule has 0 spiro atoms. The first-order valence-corrected chi connectivity index (χ1v) is 6.66. The van der Waals surface area contributed by atoms with E-state index in [1.54, 1.807) is 0 Å². The molecule has 0 radical (unpaired) electrons. The Labute approximate surface area is 71.6 Å². The van der Waals surface area contributed by atoms with Crippen molar-refractivity contribution in [3.8, 4) is 5.92 Å². The van der Waals surface area contributed by atoms with Crippen molar-refractivity contribution in [2.75, 3.05) is 0 Å². The van der Waals surface area contributed by atoms with E-state index in [0.717, 1.165) is 6.42 Å². The molecule has 0 heterocycles. The average molecular weight is 132 g/mol. The summed E-state index contributed by atoms with van der Waals surface area (Å²) in [5.74, 6) is 2.41. The standard InChI is InChI=1S/C7H13Si.Li/c1-5-6-7-8(2,3)4;/h6-7H2,2-4H3;/q-1;+1. The monoisotopic (exact) mass is 132 g/mol. The van der Waals surface area contributed by atoms with Crippen LogP contribution in [0.5, 0.6) is 0 Å². The minimum atomic E-state index is -0.861. The van der Waals surface area contributed by atoms with Gasteiger partial charge in [-0.25, -0.2) is 0 Å². The van der Waals surface area contributed by atoms with Crippen LogP contribution in [-0.2, 0) is 0 Å². The van der Waals surface area contributed by atoms with Gasteiger partial charge in [0.2, 0.25) is 0 Å². The Bertz CT molecular complexity index is 96.5. The second-order valence-electron chi connectivity index (χ2n) is 3.24. The summed E-state index contributed by atoms with van der Waals surface area (Å²) >= 11 is 0. The Hall–Kier alpha value is 0.374. The van der Waals surface area contributed by atoms with E-state index in [1.165, 1.54) is 6.04 Å². The smallest absolute Gasteiger partial charge is 0.694 e. The summed E-state index contributed by atoms with van der Waals surface area (Å²) in [6.07, 6.45) is 7.51. The van der Waals surface area contributed by atoms with Gasteiger partial charge in [-0.1, -0.05) is 19.6 Å². The fourth-order valence-corrected chi connectivity index (χ4v) is 1.31. The van der Waals surface area contributed by atoms with Crippen LogP contribution < -0.4 is 18.9 Å². The molecule has 2 heteroatoms. The fourth-order valence-electron chi connectivity index (χ4n) is 0.437. The van der Waals surface area contributed by atoms with Crippen molar-refractivity contribution in [3.63, 3.8) is 0 Å². The molecule has 0 atom stereocenters. The molecule has 0 bridgehead atoms. The van der Waals surface area contributed by atoms with Crippen molar-refractivity contribution in [1.82, 2.24) is 0 Å². The zero-order valence-electron chi connectivity index (χ0n) is 6.91. The molecule has 0 aliphatic heterocycles. The van der Waals surface area contributed by atoms with E-state index in [-0.39, 0.29) is 18.9 Å². The van der Waals surface area contributed by atoms with Gasteiger partial charge in [-0.3, -0.25) is 0 Å². The van der Waals surface area contributed by atoms with Crippen LogP contribution in [0.1, 0.15) is 6.42 Å². The largest absolute Gasteiger partial charge is 1.00 e. The number of hydrogen-bond donors (Lipinski definition) is 0. The van der Waals surface area contributed by atoms with Gasteiger partial charge in [0.05, 0.1) is 0 Å². The Morgan fingerprint density at radius 2 is 1.78 bits per heavy atom. The molecule has 0 aliphatic carbocycles. The Kier molecular flexibility index (Phi) is 6.96. The summed E-state index contributed by atoms with van der Waals surface area (Å²) in [7, 11) is -0.861. The van der Waals surface area contributed by atoms with Gasteiger partial charge < -0.3 is 12.3 Å². The van der Waals surface area contributed by atoms with E-state index in [4.69, 9.17) is 6.42 Å². The molecule has 46 valence electrons. The molecule has 0 aromatic carbocycles. The zero-order valence-corrected chi connectivity index (χ0v) is 7.91. The van der Waals surface area contributed by atoms with E-state index in [1.807, 2.05) is 0 Å². The van der Waals surface area contributed by atoms with Crippen LogP contribution in [0.15, 0.2) is 0 Å². The normalized spacial score (nSPS) is 9.56. The van der Waals surface area contributed by atoms with Crippen LogP contribution >= 0.6 is 0 Å². The van der Waals surface area contributed by atoms with E-state index < -0.39 is 8.07 Å². The van der Waals surface area contributed by atoms with Gasteiger partial charge in [0, 0.05) is 8.07 Å². The minimum absolute atomic E-state index is 0. The van der Waals surface area contributed by atoms with E-state index >= 15 is 0 Å². The fraction of sp³-hybridized carbons (Fsp3) is 0.714. The summed E-state index contributed by atoms with van der Waals surface area (Å²) in [6, 6.07) is 1.20. The maximum atomic E-state index is 6.65. The Morgan fingerprint density at radius 1 is 1.33 bits per heavy atom. The van der Waals surface area contributed by atoms with Crippen LogP contribution in [0, 0.1) is 12.3 Å². The molecule has 0 rings (SSSR count). The summed E-state index contributed by atoms with van der Waals surface area (Å²) in [5, 5.41) is 0. The maximum Gasteiger partial charge on any atom is 1.00 e. The van der Waals surface area contributed by atoms with E-state index in [2.05, 4.69) is 25.6 Å². The van der Waals surface area contributed by atoms with Crippen LogP contribution in [0.2, 0.25) is 25.7 Å². The van der Waals surface area contributed by atoms with Gasteiger partial charge in [0.15, 0.2) is 0 Å². The third-order valence-electron chi connectivity index (χ3n) is 1.000. The molecular weight excluding hydrogens is 119 g/mol. The van der Waals surface area contributed by atoms with Crippen LogP contribution in [-0.4, -0.2) is 8.07 Å². The summed E-state index contributed by atoms with van der Waals surface area (Å²) in [6.45, 7) is 6.93. The molecule has 0 aliphatic rings. The second-order valence-corrected chi connectivity index (χ2v) is 8.86. The first-order valence-electron chi connectivity index (χ1n) is 2.96. The van der Waals surface area contributed by atoms with Crippen LogP contribution in [0.25, 0.3) is 0 Å². The summed E-state index contributed by atoms with van der Waals surface area (Å²) in [5.41, 5.74) is 0. The SMILES string of the molecule is [C-]#CCC[Si](C)(C)C.[Li+]. The average Bonchev–Trinajstić information content (AvgIpc) is 1.59. The topological polar surface area (TPSA) is 0 Å². The molecule has 0 N–H and O–H groups in total.